The van der Waals surface area contributed by atoms with Gasteiger partial charge in [-0.25, -0.2) is 22.4 Å². The number of carbonyl (C=O) groups is 1. The van der Waals surface area contributed by atoms with Crippen LogP contribution in [0.5, 0.6) is 11.5 Å². The van der Waals surface area contributed by atoms with Crippen molar-refractivity contribution < 1.29 is 40.6 Å². The number of halogens is 6. The first kappa shape index (κ1) is 22.2. The molecule has 31 heavy (non-hydrogen) atoms. The second-order valence-corrected chi connectivity index (χ2v) is 6.41. The van der Waals surface area contributed by atoms with Gasteiger partial charge in [-0.15, -0.1) is 6.58 Å². The van der Waals surface area contributed by atoms with Crippen LogP contribution in [0.1, 0.15) is 22.3 Å². The number of esters is 1. The summed E-state index contributed by atoms with van der Waals surface area (Å²) < 4.78 is 90.1. The van der Waals surface area contributed by atoms with Gasteiger partial charge in [-0.2, -0.15) is 8.78 Å². The SMILES string of the molecule is C=CCCc1cc(F)c(C(=O)Oc2ccc3c(F)c(OC(F)F)c(F)cc3c2)c(F)c1. The first-order valence-electron chi connectivity index (χ1n) is 8.88. The van der Waals surface area contributed by atoms with Crippen molar-refractivity contribution in [3.8, 4) is 11.5 Å². The van der Waals surface area contributed by atoms with E-state index in [2.05, 4.69) is 11.3 Å². The van der Waals surface area contributed by atoms with Crippen molar-refractivity contribution in [2.24, 2.45) is 0 Å². The molecule has 0 fully saturated rings. The molecule has 0 atom stereocenters. The summed E-state index contributed by atoms with van der Waals surface area (Å²) in [6.45, 7) is 0.0786. The predicted molar refractivity (Wildman–Crippen MR) is 100 cm³/mol. The average molecular weight is 440 g/mol. The summed E-state index contributed by atoms with van der Waals surface area (Å²) in [5.74, 6) is -7.92. The van der Waals surface area contributed by atoms with Crippen LogP contribution in [0.2, 0.25) is 0 Å². The molecule has 0 aliphatic heterocycles. The molecule has 0 spiro atoms. The Morgan fingerprint density at radius 3 is 2.29 bits per heavy atom. The smallest absolute Gasteiger partial charge is 0.387 e. The van der Waals surface area contributed by atoms with Crippen molar-refractivity contribution in [3.05, 3.63) is 83.4 Å². The third kappa shape index (κ3) is 4.82. The lowest BCUT2D eigenvalue weighted by Gasteiger charge is -2.11. The summed E-state index contributed by atoms with van der Waals surface area (Å²) in [6.07, 6.45) is 2.38. The van der Waals surface area contributed by atoms with E-state index >= 15 is 0 Å². The lowest BCUT2D eigenvalue weighted by molar-refractivity contribution is -0.0544. The van der Waals surface area contributed by atoms with E-state index in [0.717, 1.165) is 30.3 Å². The van der Waals surface area contributed by atoms with E-state index in [-0.39, 0.29) is 16.5 Å². The average Bonchev–Trinajstić information content (AvgIpc) is 2.68. The molecule has 0 unspecified atom stereocenters. The van der Waals surface area contributed by atoms with Crippen LogP contribution in [0.3, 0.4) is 0 Å². The largest absolute Gasteiger partial charge is 0.429 e. The molecule has 162 valence electrons. The molecule has 0 saturated carbocycles. The minimum atomic E-state index is -3.44. The van der Waals surface area contributed by atoms with Crippen molar-refractivity contribution in [2.45, 2.75) is 19.5 Å². The summed E-state index contributed by atoms with van der Waals surface area (Å²) in [7, 11) is 0. The number of allylic oxidation sites excluding steroid dienone is 1. The maximum absolute atomic E-state index is 14.3. The highest BCUT2D eigenvalue weighted by atomic mass is 19.3. The van der Waals surface area contributed by atoms with Crippen LogP contribution in [0.4, 0.5) is 26.3 Å². The molecule has 3 nitrogen and oxygen atoms in total. The fourth-order valence-electron chi connectivity index (χ4n) is 2.94. The quantitative estimate of drug-likeness (QED) is 0.186. The highest BCUT2D eigenvalue weighted by molar-refractivity contribution is 5.93. The Hall–Kier alpha value is -3.49. The highest BCUT2D eigenvalue weighted by Gasteiger charge is 2.22. The van der Waals surface area contributed by atoms with Gasteiger partial charge in [0.2, 0.25) is 0 Å². The van der Waals surface area contributed by atoms with Gasteiger partial charge >= 0.3 is 12.6 Å². The monoisotopic (exact) mass is 440 g/mol. The van der Waals surface area contributed by atoms with Gasteiger partial charge in [0.1, 0.15) is 22.9 Å². The van der Waals surface area contributed by atoms with Crippen molar-refractivity contribution in [2.75, 3.05) is 0 Å². The number of alkyl halides is 2. The highest BCUT2D eigenvalue weighted by Crippen LogP contribution is 2.33. The molecular weight excluding hydrogens is 426 g/mol. The molecule has 0 bridgehead atoms. The van der Waals surface area contributed by atoms with Gasteiger partial charge in [-0.05, 0) is 60.2 Å². The van der Waals surface area contributed by atoms with Gasteiger partial charge in [0.25, 0.3) is 0 Å². The molecule has 0 heterocycles. The summed E-state index contributed by atoms with van der Waals surface area (Å²) in [5.41, 5.74) is -0.606. The summed E-state index contributed by atoms with van der Waals surface area (Å²) in [6, 6.07) is 5.79. The molecule has 3 rings (SSSR count). The standard InChI is InChI=1S/C22H14F6O3/c1-2-3-4-11-7-15(23)18(16(24)8-11)21(29)30-13-5-6-14-12(9-13)10-17(25)20(19(14)26)31-22(27)28/h2,5-10,22H,1,3-4H2. The molecule has 0 N–H and O–H groups in total. The fourth-order valence-corrected chi connectivity index (χ4v) is 2.94. The van der Waals surface area contributed by atoms with Crippen LogP contribution in [0, 0.1) is 23.3 Å². The Morgan fingerprint density at radius 2 is 1.68 bits per heavy atom. The Labute approximate surface area is 172 Å². The van der Waals surface area contributed by atoms with Gasteiger partial charge in [0, 0.05) is 5.39 Å². The van der Waals surface area contributed by atoms with E-state index in [1.165, 1.54) is 0 Å². The zero-order valence-electron chi connectivity index (χ0n) is 15.7. The third-order valence-corrected chi connectivity index (χ3v) is 4.32. The second kappa shape index (κ2) is 9.11. The van der Waals surface area contributed by atoms with Gasteiger partial charge in [0.05, 0.1) is 0 Å². The molecule has 0 aliphatic carbocycles. The van der Waals surface area contributed by atoms with Crippen LogP contribution in [0.15, 0.2) is 49.1 Å². The Bertz CT molecular complexity index is 1140. The second-order valence-electron chi connectivity index (χ2n) is 6.41. The zero-order valence-corrected chi connectivity index (χ0v) is 15.7. The molecule has 3 aromatic rings. The van der Waals surface area contributed by atoms with E-state index in [0.29, 0.717) is 24.5 Å². The number of ether oxygens (including phenoxy) is 2. The number of fused-ring (bicyclic) bond motifs is 1. The van der Waals surface area contributed by atoms with Gasteiger partial charge < -0.3 is 9.47 Å². The molecule has 0 aromatic heterocycles. The normalized spacial score (nSPS) is 11.1. The first-order chi connectivity index (χ1) is 14.7. The summed E-state index contributed by atoms with van der Waals surface area (Å²) >= 11 is 0. The molecule has 0 saturated heterocycles. The van der Waals surface area contributed by atoms with Crippen LogP contribution in [-0.2, 0) is 6.42 Å². The fraction of sp³-hybridized carbons (Fsp3) is 0.136. The van der Waals surface area contributed by atoms with Gasteiger partial charge in [-0.1, -0.05) is 6.08 Å². The maximum atomic E-state index is 14.3. The topological polar surface area (TPSA) is 35.5 Å². The number of carbonyl (C=O) groups excluding carboxylic acids is 1. The molecular formula is C22H14F6O3. The Kier molecular flexibility index (Phi) is 6.53. The van der Waals surface area contributed by atoms with Gasteiger partial charge in [0.15, 0.2) is 17.4 Å². The number of aryl methyl sites for hydroxylation is 1. The minimum Gasteiger partial charge on any atom is -0.429 e. The van der Waals surface area contributed by atoms with Crippen molar-refractivity contribution in [3.63, 3.8) is 0 Å². The third-order valence-electron chi connectivity index (χ3n) is 4.32. The van der Waals surface area contributed by atoms with Crippen LogP contribution < -0.4 is 9.47 Å². The molecule has 3 aromatic carbocycles. The number of hydrogen-bond acceptors (Lipinski definition) is 3. The molecule has 0 aliphatic rings. The molecule has 0 radical (unpaired) electrons. The van der Waals surface area contributed by atoms with Crippen molar-refractivity contribution >= 4 is 16.7 Å². The minimum absolute atomic E-state index is 0.150. The summed E-state index contributed by atoms with van der Waals surface area (Å²) in [5, 5.41) is -0.441. The lowest BCUT2D eigenvalue weighted by atomic mass is 10.1. The first-order valence-corrected chi connectivity index (χ1v) is 8.88. The predicted octanol–water partition coefficient (Wildman–Crippen LogP) is 6.34. The van der Waals surface area contributed by atoms with E-state index in [1.54, 1.807) is 6.08 Å². The zero-order chi connectivity index (χ0) is 22.7. The number of rotatable bonds is 7. The van der Waals surface area contributed by atoms with E-state index in [1.807, 2.05) is 0 Å². The Balaban J connectivity index is 1.90. The van der Waals surface area contributed by atoms with Crippen molar-refractivity contribution in [1.29, 1.82) is 0 Å². The summed E-state index contributed by atoms with van der Waals surface area (Å²) in [4.78, 5) is 12.3. The molecule has 9 heteroatoms. The van der Waals surface area contributed by atoms with Crippen LogP contribution in [0.25, 0.3) is 10.8 Å². The van der Waals surface area contributed by atoms with E-state index < -0.39 is 47.2 Å². The lowest BCUT2D eigenvalue weighted by Crippen LogP contribution is -2.14. The Morgan fingerprint density at radius 1 is 1.00 bits per heavy atom. The maximum Gasteiger partial charge on any atom is 0.387 e. The van der Waals surface area contributed by atoms with E-state index in [4.69, 9.17) is 4.74 Å². The number of benzene rings is 3. The van der Waals surface area contributed by atoms with Gasteiger partial charge in [-0.3, -0.25) is 0 Å². The van der Waals surface area contributed by atoms with Crippen LogP contribution >= 0.6 is 0 Å². The number of hydrogen-bond donors (Lipinski definition) is 0. The van der Waals surface area contributed by atoms with Crippen LogP contribution in [-0.4, -0.2) is 12.6 Å². The van der Waals surface area contributed by atoms with E-state index in [9.17, 15) is 31.1 Å². The van der Waals surface area contributed by atoms with Crippen molar-refractivity contribution in [1.82, 2.24) is 0 Å². The molecule has 0 amide bonds.